The fourth-order valence-corrected chi connectivity index (χ4v) is 2.44. The maximum atomic E-state index is 11.0. The van der Waals surface area contributed by atoms with Crippen molar-refractivity contribution in [3.8, 4) is 0 Å². The molecule has 2 aromatic rings. The van der Waals surface area contributed by atoms with E-state index in [2.05, 4.69) is 27.2 Å². The van der Waals surface area contributed by atoms with E-state index in [1.807, 2.05) is 0 Å². The minimum atomic E-state index is -0.954. The number of fused-ring (bicyclic) bond motifs is 1. The molecule has 0 amide bonds. The third-order valence-corrected chi connectivity index (χ3v) is 3.70. The predicted octanol–water partition coefficient (Wildman–Crippen LogP) is 2.27. The molecule has 0 spiro atoms. The molecule has 2 N–H and O–H groups in total. The van der Waals surface area contributed by atoms with E-state index in [4.69, 9.17) is 5.11 Å². The molecule has 0 fully saturated rings. The lowest BCUT2D eigenvalue weighted by Crippen LogP contribution is -2.36. The van der Waals surface area contributed by atoms with Gasteiger partial charge >= 0.3 is 5.97 Å². The Bertz CT molecular complexity index is 665. The first-order valence-electron chi connectivity index (χ1n) is 6.34. The highest BCUT2D eigenvalue weighted by Gasteiger charge is 2.32. The molecule has 0 saturated heterocycles. The Kier molecular flexibility index (Phi) is 4.09. The highest BCUT2D eigenvalue weighted by molar-refractivity contribution is 5.88. The van der Waals surface area contributed by atoms with Crippen LogP contribution < -0.4 is 5.32 Å². The smallest absolute Gasteiger partial charge is 0.337 e. The fraction of sp³-hybridized carbons (Fsp3) is 0.286. The van der Waals surface area contributed by atoms with E-state index >= 15 is 0 Å². The molecule has 7 heteroatoms. The summed E-state index contributed by atoms with van der Waals surface area (Å²) in [6.07, 6.45) is 8.05. The van der Waals surface area contributed by atoms with E-state index in [9.17, 15) is 4.79 Å². The molecular weight excluding hydrogens is 292 g/mol. The van der Waals surface area contributed by atoms with Gasteiger partial charge in [0.15, 0.2) is 0 Å². The van der Waals surface area contributed by atoms with Crippen LogP contribution in [0.4, 0.5) is 5.82 Å². The van der Waals surface area contributed by atoms with Crippen LogP contribution in [0.1, 0.15) is 34.8 Å². The van der Waals surface area contributed by atoms with Crippen LogP contribution in [0.5, 0.6) is 0 Å². The minimum absolute atomic E-state index is 0. The summed E-state index contributed by atoms with van der Waals surface area (Å²) in [5, 5.41) is 12.4. The second-order valence-electron chi connectivity index (χ2n) is 5.12. The van der Waals surface area contributed by atoms with E-state index in [-0.39, 0.29) is 23.5 Å². The Balaban J connectivity index is 0.00000161. The number of hydrogen-bond donors (Lipinski definition) is 2. The molecule has 0 aliphatic carbocycles. The molecule has 6 nitrogen and oxygen atoms in total. The van der Waals surface area contributed by atoms with Crippen molar-refractivity contribution >= 4 is 24.2 Å². The van der Waals surface area contributed by atoms with Crippen molar-refractivity contribution < 1.29 is 9.90 Å². The number of aromatic carboxylic acids is 1. The van der Waals surface area contributed by atoms with Crippen LogP contribution in [0, 0.1) is 0 Å². The van der Waals surface area contributed by atoms with Crippen LogP contribution in [0.15, 0.2) is 31.0 Å². The summed E-state index contributed by atoms with van der Waals surface area (Å²) in [4.78, 5) is 23.3. The zero-order valence-electron chi connectivity index (χ0n) is 11.4. The number of anilines is 1. The number of pyridine rings is 1. The monoisotopic (exact) mass is 306 g/mol. The van der Waals surface area contributed by atoms with Gasteiger partial charge in [0.05, 0.1) is 11.1 Å². The minimum Gasteiger partial charge on any atom is -0.478 e. The number of hydrogen-bond acceptors (Lipinski definition) is 5. The second-order valence-corrected chi connectivity index (χ2v) is 5.12. The average Bonchev–Trinajstić information content (AvgIpc) is 2.47. The number of nitrogens with zero attached hydrogens (tertiary/aromatic N) is 3. The molecule has 110 valence electrons. The number of rotatable bonds is 2. The van der Waals surface area contributed by atoms with Gasteiger partial charge in [-0.3, -0.25) is 0 Å². The number of nitrogens with one attached hydrogen (secondary N) is 1. The van der Waals surface area contributed by atoms with Gasteiger partial charge in [0.25, 0.3) is 0 Å². The third-order valence-electron chi connectivity index (χ3n) is 3.70. The van der Waals surface area contributed by atoms with Gasteiger partial charge in [-0.2, -0.15) is 0 Å². The van der Waals surface area contributed by atoms with Crippen molar-refractivity contribution in [3.63, 3.8) is 0 Å². The molecule has 0 radical (unpaired) electrons. The summed E-state index contributed by atoms with van der Waals surface area (Å²) < 4.78 is 0. The lowest BCUT2D eigenvalue weighted by atomic mass is 9.84. The van der Waals surface area contributed by atoms with Crippen LogP contribution in [-0.4, -0.2) is 26.0 Å². The van der Waals surface area contributed by atoms with Gasteiger partial charge in [-0.1, -0.05) is 0 Å². The summed E-state index contributed by atoms with van der Waals surface area (Å²) in [7, 11) is 0. The van der Waals surface area contributed by atoms with Crippen LogP contribution in [0.3, 0.4) is 0 Å². The fourth-order valence-electron chi connectivity index (χ4n) is 2.44. The number of carbonyl (C=O) groups is 1. The number of aryl methyl sites for hydroxylation is 1. The molecule has 0 bridgehead atoms. The molecule has 2 aromatic heterocycles. The SMILES string of the molecule is CC1(c2cncnc2)CCc2cc(C(=O)O)cnc2N1.Cl. The van der Waals surface area contributed by atoms with Gasteiger partial charge in [0.1, 0.15) is 12.1 Å². The van der Waals surface area contributed by atoms with Gasteiger partial charge in [0, 0.05) is 24.2 Å². The van der Waals surface area contributed by atoms with E-state index in [1.54, 1.807) is 18.5 Å². The molecule has 1 atom stereocenters. The van der Waals surface area contributed by atoms with E-state index in [0.717, 1.165) is 29.8 Å². The maximum absolute atomic E-state index is 11.0. The van der Waals surface area contributed by atoms with Crippen molar-refractivity contribution in [2.45, 2.75) is 25.3 Å². The molecule has 3 rings (SSSR count). The Labute approximate surface area is 128 Å². The largest absolute Gasteiger partial charge is 0.478 e. The maximum Gasteiger partial charge on any atom is 0.337 e. The molecular formula is C14H15ClN4O2. The molecule has 0 saturated carbocycles. The Morgan fingerprint density at radius 1 is 1.33 bits per heavy atom. The van der Waals surface area contributed by atoms with Crippen molar-refractivity contribution in [2.75, 3.05) is 5.32 Å². The number of carboxylic acids is 1. The molecule has 1 aliphatic heterocycles. The average molecular weight is 307 g/mol. The third kappa shape index (κ3) is 2.80. The molecule has 0 aromatic carbocycles. The zero-order valence-corrected chi connectivity index (χ0v) is 12.2. The highest BCUT2D eigenvalue weighted by Crippen LogP contribution is 2.35. The summed E-state index contributed by atoms with van der Waals surface area (Å²) in [5.41, 5.74) is 1.86. The van der Waals surface area contributed by atoms with Crippen LogP contribution in [-0.2, 0) is 12.0 Å². The first kappa shape index (κ1) is 15.2. The van der Waals surface area contributed by atoms with Gasteiger partial charge in [-0.15, -0.1) is 12.4 Å². The Morgan fingerprint density at radius 2 is 2.05 bits per heavy atom. The highest BCUT2D eigenvalue weighted by atomic mass is 35.5. The van der Waals surface area contributed by atoms with Crippen LogP contribution in [0.25, 0.3) is 0 Å². The molecule has 3 heterocycles. The van der Waals surface area contributed by atoms with Gasteiger partial charge in [-0.05, 0) is 31.4 Å². The van der Waals surface area contributed by atoms with Crippen LogP contribution >= 0.6 is 12.4 Å². The predicted molar refractivity (Wildman–Crippen MR) is 79.8 cm³/mol. The number of halogens is 1. The first-order valence-corrected chi connectivity index (χ1v) is 6.34. The van der Waals surface area contributed by atoms with E-state index in [0.29, 0.717) is 0 Å². The summed E-state index contributed by atoms with van der Waals surface area (Å²) in [6.45, 7) is 2.07. The first-order chi connectivity index (χ1) is 9.58. The lowest BCUT2D eigenvalue weighted by Gasteiger charge is -2.36. The quantitative estimate of drug-likeness (QED) is 0.885. The topological polar surface area (TPSA) is 88.0 Å². The number of aromatic nitrogens is 3. The lowest BCUT2D eigenvalue weighted by molar-refractivity contribution is 0.0696. The van der Waals surface area contributed by atoms with Gasteiger partial charge in [0.2, 0.25) is 0 Å². The Hall–Kier alpha value is -2.21. The van der Waals surface area contributed by atoms with E-state index < -0.39 is 5.97 Å². The van der Waals surface area contributed by atoms with Gasteiger partial charge < -0.3 is 10.4 Å². The molecule has 1 aliphatic rings. The summed E-state index contributed by atoms with van der Waals surface area (Å²) in [6, 6.07) is 1.68. The van der Waals surface area contributed by atoms with Crippen molar-refractivity contribution in [1.82, 2.24) is 15.0 Å². The van der Waals surface area contributed by atoms with E-state index in [1.165, 1.54) is 12.5 Å². The van der Waals surface area contributed by atoms with Crippen LogP contribution in [0.2, 0.25) is 0 Å². The molecule has 1 unspecified atom stereocenters. The van der Waals surface area contributed by atoms with Gasteiger partial charge in [-0.25, -0.2) is 19.7 Å². The Morgan fingerprint density at radius 3 is 2.71 bits per heavy atom. The normalized spacial score (nSPS) is 19.9. The standard InChI is InChI=1S/C14H14N4O2.ClH/c1-14(11-6-15-8-16-7-11)3-2-9-4-10(13(19)20)5-17-12(9)18-14;/h4-8H,2-3H2,1H3,(H,17,18)(H,19,20);1H. The van der Waals surface area contributed by atoms with Crippen molar-refractivity contribution in [1.29, 1.82) is 0 Å². The summed E-state index contributed by atoms with van der Waals surface area (Å²) in [5.74, 6) is -0.224. The second kappa shape index (κ2) is 5.65. The zero-order chi connectivity index (χ0) is 14.2. The molecule has 21 heavy (non-hydrogen) atoms. The van der Waals surface area contributed by atoms with Crippen molar-refractivity contribution in [2.24, 2.45) is 0 Å². The number of carboxylic acid groups (broad SMARTS) is 1. The van der Waals surface area contributed by atoms with Crippen molar-refractivity contribution in [3.05, 3.63) is 47.7 Å². The summed E-state index contributed by atoms with van der Waals surface area (Å²) >= 11 is 0.